The van der Waals surface area contributed by atoms with Crippen molar-refractivity contribution < 1.29 is 0 Å². The van der Waals surface area contributed by atoms with Crippen molar-refractivity contribution in [2.75, 3.05) is 0 Å². The second kappa shape index (κ2) is 9.13. The molecular weight excluding hydrogens is 533 g/mol. The van der Waals surface area contributed by atoms with Gasteiger partial charge in [-0.15, -0.1) is 11.3 Å². The maximum atomic E-state index is 5.28. The lowest BCUT2D eigenvalue weighted by Crippen LogP contribution is -2.39. The molecule has 1 unspecified atom stereocenters. The van der Waals surface area contributed by atoms with Crippen molar-refractivity contribution in [3.63, 3.8) is 0 Å². The molecule has 1 aliphatic rings. The molecule has 1 N–H and O–H groups in total. The zero-order valence-electron chi connectivity index (χ0n) is 22.5. The van der Waals surface area contributed by atoms with Gasteiger partial charge in [0.05, 0.1) is 11.0 Å². The van der Waals surface area contributed by atoms with E-state index in [0.717, 1.165) is 34.0 Å². The highest BCUT2D eigenvalue weighted by Crippen LogP contribution is 2.40. The van der Waals surface area contributed by atoms with Gasteiger partial charge in [-0.05, 0) is 46.7 Å². The van der Waals surface area contributed by atoms with Crippen molar-refractivity contribution in [2.45, 2.75) is 6.17 Å². The molecule has 0 saturated heterocycles. The first-order chi connectivity index (χ1) is 20.8. The van der Waals surface area contributed by atoms with Gasteiger partial charge in [-0.2, -0.15) is 0 Å². The highest BCUT2D eigenvalue weighted by Gasteiger charge is 2.24. The summed E-state index contributed by atoms with van der Waals surface area (Å²) < 4.78 is 4.85. The van der Waals surface area contributed by atoms with E-state index in [1.807, 2.05) is 17.4 Å². The summed E-state index contributed by atoms with van der Waals surface area (Å²) in [4.78, 5) is 10.4. The van der Waals surface area contributed by atoms with Crippen LogP contribution in [0.5, 0.6) is 0 Å². The van der Waals surface area contributed by atoms with E-state index in [0.29, 0.717) is 0 Å². The molecule has 8 aromatic rings. The number of aromatic nitrogens is 1. The van der Waals surface area contributed by atoms with E-state index in [4.69, 9.17) is 9.98 Å². The Kier molecular flexibility index (Phi) is 5.10. The summed E-state index contributed by atoms with van der Waals surface area (Å²) in [6, 6.07) is 47.3. The topological polar surface area (TPSA) is 41.7 Å². The number of para-hydroxylation sites is 1. The van der Waals surface area contributed by atoms with Crippen LogP contribution in [0.2, 0.25) is 0 Å². The highest BCUT2D eigenvalue weighted by molar-refractivity contribution is 7.25. The van der Waals surface area contributed by atoms with Crippen LogP contribution in [-0.4, -0.2) is 16.4 Å². The van der Waals surface area contributed by atoms with Crippen LogP contribution in [0.4, 0.5) is 0 Å². The fraction of sp³-hybridized carbons (Fsp3) is 0.0270. The minimum absolute atomic E-state index is 0.384. The summed E-state index contributed by atoms with van der Waals surface area (Å²) in [5, 5.41) is 11.1. The standard InChI is InChI=1S/C37H24N4S/c1-2-11-24(12-3-1)35-38-36(26-19-18-23-10-4-5-13-25(23)20-26)40-37(39-35)41-31-16-8-6-14-27(31)29-21-30-28-15-7-9-17-33(28)42-34(30)22-32(29)41/h1-22,36H,(H,38,39,40). The van der Waals surface area contributed by atoms with Crippen LogP contribution in [0.25, 0.3) is 52.8 Å². The zero-order chi connectivity index (χ0) is 27.6. The van der Waals surface area contributed by atoms with Gasteiger partial charge in [-0.25, -0.2) is 9.98 Å². The van der Waals surface area contributed by atoms with Crippen LogP contribution in [-0.2, 0) is 0 Å². The van der Waals surface area contributed by atoms with E-state index in [2.05, 4.69) is 137 Å². The summed E-state index contributed by atoms with van der Waals surface area (Å²) in [6.45, 7) is 0. The molecule has 3 heterocycles. The average molecular weight is 557 g/mol. The van der Waals surface area contributed by atoms with Gasteiger partial charge in [0.1, 0.15) is 5.84 Å². The van der Waals surface area contributed by atoms with Crippen LogP contribution >= 0.6 is 11.3 Å². The number of amidine groups is 1. The lowest BCUT2D eigenvalue weighted by Gasteiger charge is -2.23. The number of aliphatic imine (C=N–C) groups is 2. The average Bonchev–Trinajstić information content (AvgIpc) is 3.58. The molecule has 0 saturated carbocycles. The van der Waals surface area contributed by atoms with E-state index < -0.39 is 0 Å². The Bertz CT molecular complexity index is 2390. The van der Waals surface area contributed by atoms with Gasteiger partial charge in [-0.1, -0.05) is 103 Å². The molecule has 198 valence electrons. The Hall–Kier alpha value is -5.26. The van der Waals surface area contributed by atoms with Crippen LogP contribution in [0.15, 0.2) is 143 Å². The molecule has 0 radical (unpaired) electrons. The molecule has 0 aliphatic carbocycles. The second-order valence-electron chi connectivity index (χ2n) is 10.7. The fourth-order valence-electron chi connectivity index (χ4n) is 6.23. The predicted octanol–water partition coefficient (Wildman–Crippen LogP) is 9.27. The summed E-state index contributed by atoms with van der Waals surface area (Å²) in [5.74, 6) is 1.58. The normalized spacial score (nSPS) is 15.4. The maximum absolute atomic E-state index is 5.28. The number of fused-ring (bicyclic) bond motifs is 7. The summed E-state index contributed by atoms with van der Waals surface area (Å²) in [5.41, 5.74) is 4.34. The third-order valence-corrected chi connectivity index (χ3v) is 9.36. The largest absolute Gasteiger partial charge is 0.310 e. The third kappa shape index (κ3) is 3.60. The van der Waals surface area contributed by atoms with Crippen molar-refractivity contribution in [2.24, 2.45) is 9.98 Å². The molecule has 1 atom stereocenters. The third-order valence-electron chi connectivity index (χ3n) is 8.23. The maximum Gasteiger partial charge on any atom is 0.211 e. The van der Waals surface area contributed by atoms with E-state index in [-0.39, 0.29) is 6.17 Å². The van der Waals surface area contributed by atoms with Crippen LogP contribution in [0.1, 0.15) is 17.3 Å². The van der Waals surface area contributed by atoms with Crippen LogP contribution in [0, 0.1) is 0 Å². The van der Waals surface area contributed by atoms with Gasteiger partial charge in [0.2, 0.25) is 5.96 Å². The molecule has 2 aromatic heterocycles. The highest BCUT2D eigenvalue weighted by atomic mass is 32.1. The lowest BCUT2D eigenvalue weighted by molar-refractivity contribution is 0.746. The quantitative estimate of drug-likeness (QED) is 0.227. The van der Waals surface area contributed by atoms with E-state index in [9.17, 15) is 0 Å². The molecule has 9 rings (SSSR count). The molecular formula is C37H24N4S. The van der Waals surface area contributed by atoms with Crippen LogP contribution in [0.3, 0.4) is 0 Å². The van der Waals surface area contributed by atoms with E-state index in [1.54, 1.807) is 0 Å². The van der Waals surface area contributed by atoms with Gasteiger partial charge in [0, 0.05) is 36.5 Å². The molecule has 4 nitrogen and oxygen atoms in total. The van der Waals surface area contributed by atoms with Crippen molar-refractivity contribution in [1.29, 1.82) is 0 Å². The Morgan fingerprint density at radius 3 is 2.21 bits per heavy atom. The Morgan fingerprint density at radius 2 is 1.31 bits per heavy atom. The Balaban J connectivity index is 1.30. The summed E-state index contributed by atoms with van der Waals surface area (Å²) in [6.07, 6.45) is -0.384. The minimum Gasteiger partial charge on any atom is -0.310 e. The second-order valence-corrected chi connectivity index (χ2v) is 11.8. The number of nitrogens with zero attached hydrogens (tertiary/aromatic N) is 3. The summed E-state index contributed by atoms with van der Waals surface area (Å²) >= 11 is 1.84. The zero-order valence-corrected chi connectivity index (χ0v) is 23.3. The van der Waals surface area contributed by atoms with Gasteiger partial charge in [-0.3, -0.25) is 4.57 Å². The molecule has 42 heavy (non-hydrogen) atoms. The smallest absolute Gasteiger partial charge is 0.211 e. The molecule has 5 heteroatoms. The number of rotatable bonds is 2. The van der Waals surface area contributed by atoms with Gasteiger partial charge in [0.15, 0.2) is 6.17 Å². The van der Waals surface area contributed by atoms with Gasteiger partial charge in [0.25, 0.3) is 0 Å². The number of benzene rings is 6. The number of thiophene rings is 1. The van der Waals surface area contributed by atoms with E-state index >= 15 is 0 Å². The fourth-order valence-corrected chi connectivity index (χ4v) is 7.35. The number of nitrogens with one attached hydrogen (secondary N) is 1. The molecule has 6 aromatic carbocycles. The SMILES string of the molecule is c1ccc(C2=NC(c3ccc4ccccc4c3)N=C(n3c4ccccc4c4cc5c(cc43)sc3ccccc35)N2)cc1. The number of hydrogen-bond acceptors (Lipinski definition) is 4. The van der Waals surface area contributed by atoms with Gasteiger partial charge >= 0.3 is 0 Å². The lowest BCUT2D eigenvalue weighted by atomic mass is 10.1. The van der Waals surface area contributed by atoms with Gasteiger partial charge < -0.3 is 5.32 Å². The van der Waals surface area contributed by atoms with Crippen molar-refractivity contribution in [1.82, 2.24) is 9.88 Å². The van der Waals surface area contributed by atoms with Crippen molar-refractivity contribution >= 4 is 75.9 Å². The number of hydrogen-bond donors (Lipinski definition) is 1. The molecule has 0 spiro atoms. The Morgan fingerprint density at radius 1 is 0.548 bits per heavy atom. The molecule has 0 bridgehead atoms. The monoisotopic (exact) mass is 556 g/mol. The first kappa shape index (κ1) is 23.4. The first-order valence-electron chi connectivity index (χ1n) is 14.1. The Labute approximate surface area is 245 Å². The van der Waals surface area contributed by atoms with E-state index in [1.165, 1.54) is 41.7 Å². The van der Waals surface area contributed by atoms with Crippen LogP contribution < -0.4 is 5.32 Å². The molecule has 1 aliphatic heterocycles. The molecule has 0 amide bonds. The summed E-state index contributed by atoms with van der Waals surface area (Å²) in [7, 11) is 0. The van der Waals surface area contributed by atoms with Crippen molar-refractivity contribution in [3.8, 4) is 0 Å². The minimum atomic E-state index is -0.384. The molecule has 0 fully saturated rings. The van der Waals surface area contributed by atoms with Crippen molar-refractivity contribution in [3.05, 3.63) is 145 Å². The first-order valence-corrected chi connectivity index (χ1v) is 14.9. The predicted molar refractivity (Wildman–Crippen MR) is 178 cm³/mol.